The van der Waals surface area contributed by atoms with E-state index in [1.54, 1.807) is 17.8 Å². The minimum atomic E-state index is -0.896. The summed E-state index contributed by atoms with van der Waals surface area (Å²) in [5.41, 5.74) is 6.81. The van der Waals surface area contributed by atoms with Gasteiger partial charge in [0.2, 0.25) is 0 Å². The first-order chi connectivity index (χ1) is 9.03. The van der Waals surface area contributed by atoms with Gasteiger partial charge in [-0.2, -0.15) is 6.42 Å². The number of hydrogen-bond acceptors (Lipinski definition) is 7. The fraction of sp³-hybridized carbons (Fsp3) is 0.600. The Morgan fingerprint density at radius 1 is 1.50 bits per heavy atom. The van der Waals surface area contributed by atoms with Gasteiger partial charge in [-0.1, -0.05) is 6.04 Å². The van der Waals surface area contributed by atoms with Crippen LogP contribution in [0.2, 0.25) is 0 Å². The number of carbonyl (C=O) groups is 1. The zero-order valence-corrected chi connectivity index (χ0v) is 18.7. The van der Waals surface area contributed by atoms with Crippen LogP contribution < -0.4 is 5.32 Å². The van der Waals surface area contributed by atoms with Crippen LogP contribution in [0.4, 0.5) is 0 Å². The Morgan fingerprint density at radius 2 is 2.00 bits per heavy atom. The van der Waals surface area contributed by atoms with Crippen LogP contribution in [0.1, 0.15) is 13.3 Å². The van der Waals surface area contributed by atoms with E-state index in [9.17, 15) is 14.4 Å². The van der Waals surface area contributed by atoms with Crippen molar-refractivity contribution in [3.8, 4) is 0 Å². The van der Waals surface area contributed by atoms with Crippen molar-refractivity contribution in [2.45, 2.75) is 25.4 Å². The van der Waals surface area contributed by atoms with Crippen molar-refractivity contribution in [1.82, 2.24) is 5.32 Å². The van der Waals surface area contributed by atoms with E-state index >= 15 is 0 Å². The predicted octanol–water partition coefficient (Wildman–Crippen LogP) is 1.65. The normalized spacial score (nSPS) is 11.2. The summed E-state index contributed by atoms with van der Waals surface area (Å²) >= 11 is 0.833. The van der Waals surface area contributed by atoms with Crippen LogP contribution in [0.5, 0.6) is 0 Å². The molecule has 0 amide bonds. The maximum atomic E-state index is 10.2. The predicted molar refractivity (Wildman–Crippen MR) is 75.8 cm³/mol. The van der Waals surface area contributed by atoms with Crippen molar-refractivity contribution >= 4 is 39.9 Å². The summed E-state index contributed by atoms with van der Waals surface area (Å²) in [6.07, 6.45) is 6.80. The number of rotatable bonds is 8. The molecule has 115 valence electrons. The molecule has 3 N–H and O–H groups in total. The van der Waals surface area contributed by atoms with Crippen molar-refractivity contribution in [2.75, 3.05) is 12.8 Å². The number of ketones is 1. The number of carbonyl (C=O) groups excluding carboxylic acids is 3. The Kier molecular flexibility index (Phi) is 36.9. The van der Waals surface area contributed by atoms with Gasteiger partial charge in [-0.25, -0.2) is 6.29 Å². The fourth-order valence-electron chi connectivity index (χ4n) is 0.519. The van der Waals surface area contributed by atoms with Crippen LogP contribution in [0.25, 0.3) is 5.73 Å². The molecule has 6 nitrogen and oxygen atoms in total. The molecule has 0 saturated heterocycles. The first-order valence-electron chi connectivity index (χ1n) is 4.89. The summed E-state index contributed by atoms with van der Waals surface area (Å²) in [6, 6.07) is -1.04. The quantitative estimate of drug-likeness (QED) is 0.343. The summed E-state index contributed by atoms with van der Waals surface area (Å²) in [4.78, 5) is 29.7. The second kappa shape index (κ2) is 25.2. The van der Waals surface area contributed by atoms with Crippen LogP contribution in [0, 0.1) is 10.2 Å². The van der Waals surface area contributed by atoms with E-state index in [1.807, 2.05) is 6.29 Å². The smallest absolute Gasteiger partial charge is 0 e. The maximum absolute atomic E-state index is 10.2. The maximum Gasteiger partial charge on any atom is 0 e. The Hall–Kier alpha value is 1.22. The van der Waals surface area contributed by atoms with Crippen molar-refractivity contribution < 1.29 is 66.7 Å². The molecule has 2 unspecified atom stereocenters. The van der Waals surface area contributed by atoms with E-state index in [-0.39, 0.29) is 51.0 Å². The molecule has 0 rings (SSSR count). The second-order valence-corrected chi connectivity index (χ2v) is 5.09. The van der Waals surface area contributed by atoms with Crippen LogP contribution >= 0.6 is 21.6 Å². The zero-order chi connectivity index (χ0) is 15.7. The Morgan fingerprint density at radius 3 is 2.20 bits per heavy atom. The Balaban J connectivity index is -0.000000109. The Bertz CT molecular complexity index is 254. The number of likely N-dealkylation sites (N-methyl/N-ethyl adjacent to an activating group) is 1. The Labute approximate surface area is 164 Å². The molecule has 0 bridgehead atoms. The van der Waals surface area contributed by atoms with Gasteiger partial charge in [0.25, 0.3) is 0 Å². The van der Waals surface area contributed by atoms with Crippen LogP contribution in [0.15, 0.2) is 0 Å². The monoisotopic (exact) mass is 564 g/mol. The first-order valence-corrected chi connectivity index (χ1v) is 8.84. The average Bonchev–Trinajstić information content (AvgIpc) is 2.43. The number of Topliss-reactive ketones (excluding diaryl/α,β-unsaturated/α-hetero) is 1. The van der Waals surface area contributed by atoms with E-state index in [0.29, 0.717) is 0 Å². The van der Waals surface area contributed by atoms with Crippen LogP contribution in [-0.4, -0.2) is 43.2 Å². The van der Waals surface area contributed by atoms with Crippen molar-refractivity contribution in [3.05, 3.63) is 12.0 Å². The molecule has 0 fully saturated rings. The summed E-state index contributed by atoms with van der Waals surface area (Å²) in [5, 5.41) is 2.80. The molecule has 20 heavy (non-hydrogen) atoms. The molecular formula is C10H17N3O3S2WY-4. The molecular weight excluding hydrogens is 547 g/mol. The summed E-state index contributed by atoms with van der Waals surface area (Å²) < 4.78 is 5.83. The second-order valence-electron chi connectivity index (χ2n) is 2.87. The molecule has 0 aliphatic carbocycles. The van der Waals surface area contributed by atoms with E-state index < -0.39 is 6.04 Å². The molecule has 10 heteroatoms. The van der Waals surface area contributed by atoms with Crippen molar-refractivity contribution in [3.63, 3.8) is 0 Å². The molecule has 1 radical (unpaired) electrons. The van der Waals surface area contributed by atoms with Gasteiger partial charge in [-0.15, -0.1) is 16.8 Å². The van der Waals surface area contributed by atoms with E-state index in [0.717, 1.165) is 25.4 Å². The van der Waals surface area contributed by atoms with Gasteiger partial charge in [0, 0.05) is 32.7 Å². The van der Waals surface area contributed by atoms with E-state index in [2.05, 4.69) is 11.6 Å². The SMILES string of the molecule is CC(=O)C([NH-])C[C-]=O.[CH2-]SSCC([C-]=O)NC.[NH]=[W].[Y]. The van der Waals surface area contributed by atoms with E-state index in [4.69, 9.17) is 9.65 Å². The van der Waals surface area contributed by atoms with Crippen LogP contribution in [-0.2, 0) is 66.7 Å². The topological polar surface area (TPSA) is 111 Å². The zero-order valence-electron chi connectivity index (χ0n) is 11.3. The largest absolute Gasteiger partial charge is 0 e. The molecule has 0 spiro atoms. The summed E-state index contributed by atoms with van der Waals surface area (Å²) in [7, 11) is 4.69. The van der Waals surface area contributed by atoms with Gasteiger partial charge >= 0.3 is 23.5 Å². The van der Waals surface area contributed by atoms with Gasteiger partial charge in [0.1, 0.15) is 5.78 Å². The van der Waals surface area contributed by atoms with Crippen molar-refractivity contribution in [1.29, 1.82) is 3.91 Å². The van der Waals surface area contributed by atoms with Crippen molar-refractivity contribution in [2.24, 2.45) is 0 Å². The van der Waals surface area contributed by atoms with Gasteiger partial charge in [-0.05, 0) is 19.7 Å². The third kappa shape index (κ3) is 24.3. The summed E-state index contributed by atoms with van der Waals surface area (Å²) in [5.74, 6) is 0.446. The molecule has 0 aromatic heterocycles. The number of hydrogen-bond donors (Lipinski definition) is 2. The molecule has 0 heterocycles. The standard InChI is InChI=1S/C5H7NO2.C5H9NOS2.HN.W.Y/c1-4(8)5(6)2-3-7;1-6-5(3-7)4-9-8-2;;;/h5-6H,2H2,1H3;5-6H,2,4H2,1H3;1H;;/q2*-2;;;. The average molecular weight is 564 g/mol. The van der Waals surface area contributed by atoms with Crippen LogP contribution in [0.3, 0.4) is 0 Å². The minimum Gasteiger partial charge on any atom is 0 e. The number of nitrogens with one attached hydrogen (secondary N) is 3. The fourth-order valence-corrected chi connectivity index (χ4v) is 1.68. The minimum absolute atomic E-state index is 0. The third-order valence-electron chi connectivity index (χ3n) is 1.59. The molecule has 0 aromatic carbocycles. The first kappa shape index (κ1) is 29.3. The molecule has 2 atom stereocenters. The third-order valence-corrected chi connectivity index (χ3v) is 3.13. The molecule has 0 aliphatic heterocycles. The summed E-state index contributed by atoms with van der Waals surface area (Å²) in [6.45, 7) is 1.29. The molecule has 0 aromatic rings. The molecule has 0 aliphatic rings. The van der Waals surface area contributed by atoms with Gasteiger partial charge in [-0.3, -0.25) is 23.3 Å². The van der Waals surface area contributed by atoms with Gasteiger partial charge in [0.15, 0.2) is 0 Å². The van der Waals surface area contributed by atoms with E-state index in [1.165, 1.54) is 24.0 Å². The van der Waals surface area contributed by atoms with Gasteiger partial charge < -0.3 is 25.4 Å². The van der Waals surface area contributed by atoms with Gasteiger partial charge in [0.05, 0.1) is 0 Å². The molecule has 0 saturated carbocycles.